The summed E-state index contributed by atoms with van der Waals surface area (Å²) >= 11 is 0. The van der Waals surface area contributed by atoms with Crippen molar-refractivity contribution in [1.82, 2.24) is 15.3 Å². The van der Waals surface area contributed by atoms with Gasteiger partial charge >= 0.3 is 0 Å². The summed E-state index contributed by atoms with van der Waals surface area (Å²) in [5.74, 6) is 0.865. The van der Waals surface area contributed by atoms with Crippen LogP contribution >= 0.6 is 0 Å². The molecule has 0 amide bonds. The van der Waals surface area contributed by atoms with Crippen molar-refractivity contribution >= 4 is 0 Å². The predicted octanol–water partition coefficient (Wildman–Crippen LogP) is 2.17. The molecule has 0 spiro atoms. The Morgan fingerprint density at radius 3 is 2.83 bits per heavy atom. The molecule has 1 aliphatic heterocycles. The molecular weight excluding hydrogens is 226 g/mol. The van der Waals surface area contributed by atoms with E-state index in [4.69, 9.17) is 14.7 Å². The van der Waals surface area contributed by atoms with Gasteiger partial charge in [-0.25, -0.2) is 9.97 Å². The lowest BCUT2D eigenvalue weighted by Crippen LogP contribution is -2.27. The lowest BCUT2D eigenvalue weighted by Gasteiger charge is -2.22. The number of aryl methyl sites for hydroxylation is 1. The van der Waals surface area contributed by atoms with Crippen LogP contribution in [-0.4, -0.2) is 23.6 Å². The van der Waals surface area contributed by atoms with Crippen LogP contribution in [-0.2, 0) is 24.1 Å². The van der Waals surface area contributed by atoms with E-state index >= 15 is 0 Å². The first-order valence-corrected chi connectivity index (χ1v) is 6.92. The number of aromatic nitrogens is 2. The lowest BCUT2D eigenvalue weighted by molar-refractivity contribution is 0.0920. The van der Waals surface area contributed by atoms with E-state index in [1.54, 1.807) is 7.11 Å². The normalized spacial score (nSPS) is 16.4. The van der Waals surface area contributed by atoms with Gasteiger partial charge in [-0.3, -0.25) is 0 Å². The van der Waals surface area contributed by atoms with Gasteiger partial charge in [0.2, 0.25) is 0 Å². The Labute approximate surface area is 109 Å². The van der Waals surface area contributed by atoms with Crippen molar-refractivity contribution < 1.29 is 4.74 Å². The van der Waals surface area contributed by atoms with Crippen LogP contribution in [0.1, 0.15) is 55.6 Å². The molecule has 0 fully saturated rings. The number of nitrogens with one attached hydrogen (secondary N) is 1. The molecule has 1 N–H and O–H groups in total. The molecule has 1 aromatic rings. The molecule has 100 valence electrons. The first kappa shape index (κ1) is 13.4. The second-order valence-corrected chi connectivity index (χ2v) is 4.76. The van der Waals surface area contributed by atoms with Crippen molar-refractivity contribution in [3.63, 3.8) is 0 Å². The summed E-state index contributed by atoms with van der Waals surface area (Å²) in [5, 5.41) is 3.41. The first-order chi connectivity index (χ1) is 8.80. The summed E-state index contributed by atoms with van der Waals surface area (Å²) in [6.45, 7) is 6.23. The summed E-state index contributed by atoms with van der Waals surface area (Å²) < 4.78 is 5.47. The van der Waals surface area contributed by atoms with Crippen LogP contribution in [0.4, 0.5) is 0 Å². The molecule has 0 bridgehead atoms. The van der Waals surface area contributed by atoms with Crippen LogP contribution in [0.25, 0.3) is 0 Å². The minimum absolute atomic E-state index is 0.0285. The molecule has 0 saturated carbocycles. The standard InChI is InChI=1S/C14H23N3O/c1-4-6-11-10-9-15-8-7-12(10)17-14(16-11)13(5-2)18-3/h13,15H,4-9H2,1-3H3. The molecule has 2 rings (SSSR count). The van der Waals surface area contributed by atoms with Crippen molar-refractivity contribution in [1.29, 1.82) is 0 Å². The fourth-order valence-corrected chi connectivity index (χ4v) is 2.48. The molecule has 18 heavy (non-hydrogen) atoms. The fraction of sp³-hybridized carbons (Fsp3) is 0.714. The number of nitrogens with zero attached hydrogens (tertiary/aromatic N) is 2. The highest BCUT2D eigenvalue weighted by atomic mass is 16.5. The van der Waals surface area contributed by atoms with Gasteiger partial charge in [0.1, 0.15) is 6.10 Å². The number of fused-ring (bicyclic) bond motifs is 1. The van der Waals surface area contributed by atoms with Crippen molar-refractivity contribution in [2.45, 2.75) is 52.2 Å². The maximum atomic E-state index is 5.47. The Balaban J connectivity index is 2.40. The molecular formula is C14H23N3O. The van der Waals surface area contributed by atoms with Crippen molar-refractivity contribution in [3.8, 4) is 0 Å². The van der Waals surface area contributed by atoms with Crippen LogP contribution in [0.15, 0.2) is 0 Å². The summed E-state index contributed by atoms with van der Waals surface area (Å²) in [4.78, 5) is 9.46. The van der Waals surface area contributed by atoms with E-state index in [0.717, 1.165) is 44.6 Å². The third-order valence-corrected chi connectivity index (χ3v) is 3.47. The quantitative estimate of drug-likeness (QED) is 0.869. The van der Waals surface area contributed by atoms with Crippen molar-refractivity contribution in [3.05, 3.63) is 22.8 Å². The predicted molar refractivity (Wildman–Crippen MR) is 71.5 cm³/mol. The molecule has 1 aliphatic rings. The van der Waals surface area contributed by atoms with Gasteiger partial charge in [0, 0.05) is 37.9 Å². The highest BCUT2D eigenvalue weighted by Crippen LogP contribution is 2.22. The molecule has 4 nitrogen and oxygen atoms in total. The molecule has 0 aliphatic carbocycles. The number of hydrogen-bond donors (Lipinski definition) is 1. The number of ether oxygens (including phenoxy) is 1. The largest absolute Gasteiger partial charge is 0.373 e. The maximum Gasteiger partial charge on any atom is 0.157 e. The molecule has 0 aromatic carbocycles. The van der Waals surface area contributed by atoms with Crippen LogP contribution in [0.5, 0.6) is 0 Å². The van der Waals surface area contributed by atoms with Crippen LogP contribution in [0.2, 0.25) is 0 Å². The average Bonchev–Trinajstić information content (AvgIpc) is 2.40. The van der Waals surface area contributed by atoms with Crippen LogP contribution in [0.3, 0.4) is 0 Å². The van der Waals surface area contributed by atoms with Gasteiger partial charge in [-0.2, -0.15) is 0 Å². The number of rotatable bonds is 5. The van der Waals surface area contributed by atoms with Gasteiger partial charge in [0.25, 0.3) is 0 Å². The second-order valence-electron chi connectivity index (χ2n) is 4.76. The molecule has 4 heteroatoms. The third kappa shape index (κ3) is 2.70. The highest BCUT2D eigenvalue weighted by molar-refractivity contribution is 5.29. The summed E-state index contributed by atoms with van der Waals surface area (Å²) in [6.07, 6.45) is 4.09. The van der Waals surface area contributed by atoms with Crippen LogP contribution < -0.4 is 5.32 Å². The van der Waals surface area contributed by atoms with Crippen LogP contribution in [0, 0.1) is 0 Å². The zero-order valence-corrected chi connectivity index (χ0v) is 11.6. The fourth-order valence-electron chi connectivity index (χ4n) is 2.48. The Hall–Kier alpha value is -1.00. The number of hydrogen-bond acceptors (Lipinski definition) is 4. The summed E-state index contributed by atoms with van der Waals surface area (Å²) in [7, 11) is 1.73. The van der Waals surface area contributed by atoms with E-state index in [9.17, 15) is 0 Å². The molecule has 2 heterocycles. The van der Waals surface area contributed by atoms with Gasteiger partial charge in [0.05, 0.1) is 5.69 Å². The minimum atomic E-state index is 0.0285. The summed E-state index contributed by atoms with van der Waals surface area (Å²) in [6, 6.07) is 0. The van der Waals surface area contributed by atoms with Gasteiger partial charge in [-0.1, -0.05) is 20.3 Å². The van der Waals surface area contributed by atoms with E-state index < -0.39 is 0 Å². The van der Waals surface area contributed by atoms with E-state index in [0.29, 0.717) is 0 Å². The average molecular weight is 249 g/mol. The molecule has 0 saturated heterocycles. The highest BCUT2D eigenvalue weighted by Gasteiger charge is 2.20. The SMILES string of the molecule is CCCc1nc(C(CC)OC)nc2c1CNCC2. The van der Waals surface area contributed by atoms with Gasteiger partial charge in [-0.05, 0) is 12.8 Å². The third-order valence-electron chi connectivity index (χ3n) is 3.47. The Morgan fingerprint density at radius 1 is 1.33 bits per heavy atom. The smallest absolute Gasteiger partial charge is 0.157 e. The van der Waals surface area contributed by atoms with E-state index in [1.165, 1.54) is 17.0 Å². The summed E-state index contributed by atoms with van der Waals surface area (Å²) in [5.41, 5.74) is 3.75. The lowest BCUT2D eigenvalue weighted by atomic mass is 10.0. The Bertz CT molecular complexity index is 402. The second kappa shape index (κ2) is 6.25. The Morgan fingerprint density at radius 2 is 2.17 bits per heavy atom. The molecule has 0 radical (unpaired) electrons. The molecule has 1 atom stereocenters. The number of methoxy groups -OCH3 is 1. The first-order valence-electron chi connectivity index (χ1n) is 6.92. The maximum absolute atomic E-state index is 5.47. The molecule has 1 unspecified atom stereocenters. The minimum Gasteiger partial charge on any atom is -0.373 e. The zero-order chi connectivity index (χ0) is 13.0. The van der Waals surface area contributed by atoms with E-state index in [1.807, 2.05) is 0 Å². The molecule has 1 aromatic heterocycles. The van der Waals surface area contributed by atoms with Crippen molar-refractivity contribution in [2.75, 3.05) is 13.7 Å². The van der Waals surface area contributed by atoms with E-state index in [2.05, 4.69) is 19.2 Å². The van der Waals surface area contributed by atoms with Gasteiger partial charge in [0.15, 0.2) is 5.82 Å². The zero-order valence-electron chi connectivity index (χ0n) is 11.6. The Kier molecular flexibility index (Phi) is 4.66. The topological polar surface area (TPSA) is 47.0 Å². The monoisotopic (exact) mass is 249 g/mol. The van der Waals surface area contributed by atoms with Gasteiger partial charge < -0.3 is 10.1 Å². The van der Waals surface area contributed by atoms with E-state index in [-0.39, 0.29) is 6.10 Å². The van der Waals surface area contributed by atoms with Gasteiger partial charge in [-0.15, -0.1) is 0 Å². The van der Waals surface area contributed by atoms with Crippen molar-refractivity contribution in [2.24, 2.45) is 0 Å².